The van der Waals surface area contributed by atoms with Gasteiger partial charge in [-0.2, -0.15) is 11.8 Å². The van der Waals surface area contributed by atoms with E-state index in [1.54, 1.807) is 60.5 Å². The van der Waals surface area contributed by atoms with Gasteiger partial charge in [-0.25, -0.2) is 8.42 Å². The molecular weight excluding hydrogens is 436 g/mol. The Morgan fingerprint density at radius 3 is 2.45 bits per heavy atom. The van der Waals surface area contributed by atoms with Gasteiger partial charge in [0.2, 0.25) is 5.91 Å². The first-order chi connectivity index (χ1) is 15.0. The zero-order chi connectivity index (χ0) is 22.1. The number of hydrogen-bond acceptors (Lipinski definition) is 6. The standard InChI is InChI=1S/C22H24N2O5S2/c1-28-19-9-11-21(12-10-19)31(26,27)24(18-6-3-2-4-7-18)16-22(25)23-13-15-30-17-20-8-5-14-29-20/h2-12,14H,13,15-17H2,1H3,(H,23,25). The minimum atomic E-state index is -3.94. The number of ether oxygens (including phenoxy) is 1. The number of rotatable bonds is 11. The monoisotopic (exact) mass is 460 g/mol. The van der Waals surface area contributed by atoms with Crippen LogP contribution in [0.25, 0.3) is 0 Å². The molecule has 0 aliphatic rings. The molecule has 2 aromatic carbocycles. The van der Waals surface area contributed by atoms with Crippen molar-refractivity contribution in [2.75, 3.05) is 30.3 Å². The van der Waals surface area contributed by atoms with Crippen LogP contribution >= 0.6 is 11.8 Å². The van der Waals surface area contributed by atoms with E-state index < -0.39 is 10.0 Å². The molecule has 7 nitrogen and oxygen atoms in total. The van der Waals surface area contributed by atoms with Crippen molar-refractivity contribution >= 4 is 33.4 Å². The number of thioether (sulfide) groups is 1. The normalized spacial score (nSPS) is 11.1. The van der Waals surface area contributed by atoms with E-state index in [0.717, 1.165) is 10.1 Å². The Balaban J connectivity index is 1.65. The number of nitrogens with zero attached hydrogens (tertiary/aromatic N) is 1. The van der Waals surface area contributed by atoms with Gasteiger partial charge in [-0.3, -0.25) is 9.10 Å². The summed E-state index contributed by atoms with van der Waals surface area (Å²) in [6.45, 7) is 0.108. The van der Waals surface area contributed by atoms with E-state index in [0.29, 0.717) is 29.5 Å². The van der Waals surface area contributed by atoms with Crippen LogP contribution in [0.1, 0.15) is 5.76 Å². The summed E-state index contributed by atoms with van der Waals surface area (Å²) in [6.07, 6.45) is 1.62. The number of carbonyl (C=O) groups excluding carboxylic acids is 1. The number of hydrogen-bond donors (Lipinski definition) is 1. The Morgan fingerprint density at radius 2 is 1.81 bits per heavy atom. The van der Waals surface area contributed by atoms with E-state index in [4.69, 9.17) is 9.15 Å². The van der Waals surface area contributed by atoms with E-state index in [1.165, 1.54) is 19.2 Å². The third-order valence-electron chi connectivity index (χ3n) is 4.37. The smallest absolute Gasteiger partial charge is 0.264 e. The molecule has 0 aliphatic carbocycles. The lowest BCUT2D eigenvalue weighted by atomic mass is 10.3. The summed E-state index contributed by atoms with van der Waals surface area (Å²) in [6, 6.07) is 18.4. The summed E-state index contributed by atoms with van der Waals surface area (Å²) >= 11 is 1.62. The van der Waals surface area contributed by atoms with Crippen LogP contribution in [0.15, 0.2) is 82.3 Å². The lowest BCUT2D eigenvalue weighted by molar-refractivity contribution is -0.119. The Kier molecular flexibility index (Phi) is 8.02. The third kappa shape index (κ3) is 6.28. The van der Waals surface area contributed by atoms with Crippen molar-refractivity contribution in [1.29, 1.82) is 0 Å². The molecule has 31 heavy (non-hydrogen) atoms. The highest BCUT2D eigenvalue weighted by molar-refractivity contribution is 7.98. The van der Waals surface area contributed by atoms with Crippen molar-refractivity contribution in [2.45, 2.75) is 10.6 Å². The molecule has 0 radical (unpaired) electrons. The molecule has 9 heteroatoms. The van der Waals surface area contributed by atoms with Crippen molar-refractivity contribution in [1.82, 2.24) is 5.32 Å². The molecule has 1 N–H and O–H groups in total. The van der Waals surface area contributed by atoms with Crippen molar-refractivity contribution in [3.05, 3.63) is 78.8 Å². The fourth-order valence-corrected chi connectivity index (χ4v) is 4.98. The number of sulfonamides is 1. The summed E-state index contributed by atoms with van der Waals surface area (Å²) in [5, 5.41) is 2.79. The lowest BCUT2D eigenvalue weighted by Gasteiger charge is -2.24. The molecule has 0 saturated carbocycles. The van der Waals surface area contributed by atoms with Crippen LogP contribution in [-0.2, 0) is 20.6 Å². The minimum Gasteiger partial charge on any atom is -0.497 e. The largest absolute Gasteiger partial charge is 0.497 e. The highest BCUT2D eigenvalue weighted by Gasteiger charge is 2.27. The second-order valence-electron chi connectivity index (χ2n) is 6.50. The van der Waals surface area contributed by atoms with Crippen LogP contribution in [0.5, 0.6) is 5.75 Å². The fraction of sp³-hybridized carbons (Fsp3) is 0.227. The number of anilines is 1. The molecule has 0 saturated heterocycles. The summed E-state index contributed by atoms with van der Waals surface area (Å²) in [4.78, 5) is 12.6. The van der Waals surface area contributed by atoms with Gasteiger partial charge in [0.05, 0.1) is 29.7 Å². The maximum absolute atomic E-state index is 13.3. The minimum absolute atomic E-state index is 0.0824. The van der Waals surface area contributed by atoms with Crippen LogP contribution < -0.4 is 14.4 Å². The molecule has 3 rings (SSSR count). The predicted molar refractivity (Wildman–Crippen MR) is 122 cm³/mol. The van der Waals surface area contributed by atoms with Crippen molar-refractivity contribution in [2.24, 2.45) is 0 Å². The van der Waals surface area contributed by atoms with Crippen LogP contribution in [0.3, 0.4) is 0 Å². The van der Waals surface area contributed by atoms with Gasteiger partial charge in [0.25, 0.3) is 10.0 Å². The molecule has 1 heterocycles. The number of furan rings is 1. The second-order valence-corrected chi connectivity index (χ2v) is 9.47. The number of benzene rings is 2. The van der Waals surface area contributed by atoms with E-state index >= 15 is 0 Å². The lowest BCUT2D eigenvalue weighted by Crippen LogP contribution is -2.41. The molecule has 0 unspecified atom stereocenters. The summed E-state index contributed by atoms with van der Waals surface area (Å²) in [7, 11) is -2.43. The molecule has 164 valence electrons. The molecular formula is C22H24N2O5S2. The zero-order valence-electron chi connectivity index (χ0n) is 17.1. The van der Waals surface area contributed by atoms with Crippen LogP contribution in [0.2, 0.25) is 0 Å². The highest BCUT2D eigenvalue weighted by atomic mass is 32.2. The molecule has 1 aromatic heterocycles. The Bertz CT molecular complexity index is 1050. The fourth-order valence-electron chi connectivity index (χ4n) is 2.80. The first-order valence-corrected chi connectivity index (χ1v) is 12.2. The number of nitrogens with one attached hydrogen (secondary N) is 1. The van der Waals surface area contributed by atoms with Gasteiger partial charge < -0.3 is 14.5 Å². The van der Waals surface area contributed by atoms with Crippen LogP contribution in [0.4, 0.5) is 5.69 Å². The Hall–Kier alpha value is -2.91. The topological polar surface area (TPSA) is 88.9 Å². The maximum Gasteiger partial charge on any atom is 0.264 e. The van der Waals surface area contributed by atoms with Gasteiger partial charge in [0.15, 0.2) is 0 Å². The van der Waals surface area contributed by atoms with Gasteiger partial charge in [0, 0.05) is 12.3 Å². The first kappa shape index (κ1) is 22.8. The second kappa shape index (κ2) is 10.9. The average Bonchev–Trinajstić information content (AvgIpc) is 3.31. The van der Waals surface area contributed by atoms with Crippen LogP contribution in [0, 0.1) is 0 Å². The van der Waals surface area contributed by atoms with Gasteiger partial charge in [-0.15, -0.1) is 0 Å². The van der Waals surface area contributed by atoms with E-state index in [2.05, 4.69) is 5.32 Å². The van der Waals surface area contributed by atoms with Crippen molar-refractivity contribution < 1.29 is 22.4 Å². The van der Waals surface area contributed by atoms with E-state index in [9.17, 15) is 13.2 Å². The van der Waals surface area contributed by atoms with Gasteiger partial charge in [0.1, 0.15) is 18.1 Å². The molecule has 0 aliphatic heterocycles. The quantitative estimate of drug-likeness (QED) is 0.441. The van der Waals surface area contributed by atoms with Gasteiger partial charge >= 0.3 is 0 Å². The van der Waals surface area contributed by atoms with Crippen LogP contribution in [-0.4, -0.2) is 40.3 Å². The number of carbonyl (C=O) groups is 1. The third-order valence-corrected chi connectivity index (χ3v) is 7.14. The Labute approximate surface area is 186 Å². The first-order valence-electron chi connectivity index (χ1n) is 9.59. The highest BCUT2D eigenvalue weighted by Crippen LogP contribution is 2.24. The SMILES string of the molecule is COc1ccc(S(=O)(=O)N(CC(=O)NCCSCc2ccco2)c2ccccc2)cc1. The summed E-state index contributed by atoms with van der Waals surface area (Å²) < 4.78 is 38.0. The zero-order valence-corrected chi connectivity index (χ0v) is 18.7. The average molecular weight is 461 g/mol. The van der Waals surface area contributed by atoms with Gasteiger partial charge in [-0.1, -0.05) is 18.2 Å². The number of para-hydroxylation sites is 1. The molecule has 1 amide bonds. The van der Waals surface area contributed by atoms with E-state index in [-0.39, 0.29) is 17.3 Å². The van der Waals surface area contributed by atoms with Gasteiger partial charge in [-0.05, 0) is 48.5 Å². The van der Waals surface area contributed by atoms with Crippen molar-refractivity contribution in [3.63, 3.8) is 0 Å². The summed E-state index contributed by atoms with van der Waals surface area (Å²) in [5.74, 6) is 2.44. The molecule has 0 atom stereocenters. The molecule has 0 bridgehead atoms. The van der Waals surface area contributed by atoms with E-state index in [1.807, 2.05) is 12.1 Å². The molecule has 3 aromatic rings. The number of amides is 1. The molecule has 0 spiro atoms. The summed E-state index contributed by atoms with van der Waals surface area (Å²) in [5.41, 5.74) is 0.417. The Morgan fingerprint density at radius 1 is 1.06 bits per heavy atom. The predicted octanol–water partition coefficient (Wildman–Crippen LogP) is 3.53. The number of methoxy groups -OCH3 is 1. The maximum atomic E-state index is 13.3. The van der Waals surface area contributed by atoms with Crippen molar-refractivity contribution in [3.8, 4) is 5.75 Å². The molecule has 0 fully saturated rings.